The molecule has 1 heterocycles. The van der Waals surface area contributed by atoms with E-state index in [4.69, 9.17) is 4.74 Å². The molecule has 0 unspecified atom stereocenters. The third-order valence-corrected chi connectivity index (χ3v) is 3.13. The van der Waals surface area contributed by atoms with Crippen molar-refractivity contribution in [3.8, 4) is 5.75 Å². The molecule has 4 heteroatoms. The number of aliphatic hydroxyl groups excluding tert-OH is 1. The van der Waals surface area contributed by atoms with Crippen LogP contribution in [0.3, 0.4) is 0 Å². The van der Waals surface area contributed by atoms with E-state index in [0.717, 1.165) is 36.4 Å². The van der Waals surface area contributed by atoms with Gasteiger partial charge in [-0.15, -0.1) is 0 Å². The number of rotatable bonds is 2. The van der Waals surface area contributed by atoms with Crippen LogP contribution in [0.4, 0.5) is 0 Å². The van der Waals surface area contributed by atoms with E-state index in [1.165, 1.54) is 0 Å². The first-order chi connectivity index (χ1) is 7.09. The van der Waals surface area contributed by atoms with Crippen LogP contribution in [0.15, 0.2) is 0 Å². The van der Waals surface area contributed by atoms with Gasteiger partial charge >= 0.3 is 0 Å². The lowest BCUT2D eigenvalue weighted by atomic mass is 10.2. The summed E-state index contributed by atoms with van der Waals surface area (Å²) in [6, 6.07) is 0. The molecule has 0 radical (unpaired) electrons. The van der Waals surface area contributed by atoms with Crippen molar-refractivity contribution in [3.63, 3.8) is 0 Å². The van der Waals surface area contributed by atoms with Crippen LogP contribution >= 0.6 is 0 Å². The molecule has 1 N–H and O–H groups in total. The molecular formula is C11H18N2O2. The summed E-state index contributed by atoms with van der Waals surface area (Å²) in [5, 5.41) is 14.0. The molecule has 84 valence electrons. The van der Waals surface area contributed by atoms with E-state index in [1.54, 1.807) is 0 Å². The van der Waals surface area contributed by atoms with Crippen LogP contribution < -0.4 is 4.74 Å². The molecule has 15 heavy (non-hydrogen) atoms. The Morgan fingerprint density at radius 3 is 2.60 bits per heavy atom. The van der Waals surface area contributed by atoms with Crippen molar-refractivity contribution >= 4 is 0 Å². The molecule has 1 aliphatic carbocycles. The number of hydrogen-bond donors (Lipinski definition) is 1. The van der Waals surface area contributed by atoms with Gasteiger partial charge in [-0.25, -0.2) is 0 Å². The quantitative estimate of drug-likeness (QED) is 0.801. The van der Waals surface area contributed by atoms with Crippen LogP contribution in [-0.2, 0) is 7.05 Å². The van der Waals surface area contributed by atoms with E-state index in [9.17, 15) is 5.11 Å². The van der Waals surface area contributed by atoms with Crippen molar-refractivity contribution in [2.45, 2.75) is 45.3 Å². The minimum atomic E-state index is -0.316. The lowest BCUT2D eigenvalue weighted by Gasteiger charge is -2.17. The Balaban J connectivity index is 2.16. The molecule has 2 rings (SSSR count). The molecule has 1 saturated carbocycles. The lowest BCUT2D eigenvalue weighted by Crippen LogP contribution is -2.26. The van der Waals surface area contributed by atoms with Gasteiger partial charge < -0.3 is 9.84 Å². The maximum atomic E-state index is 9.69. The van der Waals surface area contributed by atoms with Gasteiger partial charge in [-0.2, -0.15) is 5.10 Å². The molecule has 1 aromatic heterocycles. The molecule has 0 bridgehead atoms. The Bertz CT molecular complexity index is 360. The monoisotopic (exact) mass is 210 g/mol. The zero-order chi connectivity index (χ0) is 11.0. The van der Waals surface area contributed by atoms with Gasteiger partial charge in [0.15, 0.2) is 5.75 Å². The Kier molecular flexibility index (Phi) is 2.69. The number of aryl methyl sites for hydroxylation is 2. The number of nitrogens with zero attached hydrogens (tertiary/aromatic N) is 2. The van der Waals surface area contributed by atoms with Gasteiger partial charge in [0, 0.05) is 7.05 Å². The van der Waals surface area contributed by atoms with Gasteiger partial charge in [0.05, 0.1) is 11.8 Å². The van der Waals surface area contributed by atoms with Crippen LogP contribution in [0.2, 0.25) is 0 Å². The van der Waals surface area contributed by atoms with Crippen LogP contribution in [0.25, 0.3) is 0 Å². The Morgan fingerprint density at radius 2 is 2.13 bits per heavy atom. The second-order valence-electron chi connectivity index (χ2n) is 4.28. The molecule has 4 nitrogen and oxygen atoms in total. The van der Waals surface area contributed by atoms with Crippen molar-refractivity contribution < 1.29 is 9.84 Å². The topological polar surface area (TPSA) is 47.3 Å². The van der Waals surface area contributed by atoms with E-state index in [2.05, 4.69) is 5.10 Å². The van der Waals surface area contributed by atoms with Crippen molar-refractivity contribution in [2.24, 2.45) is 7.05 Å². The molecular weight excluding hydrogens is 192 g/mol. The van der Waals surface area contributed by atoms with Gasteiger partial charge in [-0.1, -0.05) is 0 Å². The minimum Gasteiger partial charge on any atom is -0.484 e. The maximum absolute atomic E-state index is 9.69. The van der Waals surface area contributed by atoms with Gasteiger partial charge in [0.2, 0.25) is 0 Å². The summed E-state index contributed by atoms with van der Waals surface area (Å²) in [5.74, 6) is 0.837. The molecule has 0 amide bonds. The fraction of sp³-hybridized carbons (Fsp3) is 0.727. The van der Waals surface area contributed by atoms with Crippen LogP contribution in [0.5, 0.6) is 5.75 Å². The fourth-order valence-corrected chi connectivity index (χ4v) is 2.12. The highest BCUT2D eigenvalue weighted by Gasteiger charge is 2.28. The molecule has 0 aromatic carbocycles. The molecule has 1 fully saturated rings. The smallest absolute Gasteiger partial charge is 0.163 e. The first-order valence-corrected chi connectivity index (χ1v) is 5.44. The van der Waals surface area contributed by atoms with Crippen LogP contribution in [0.1, 0.15) is 30.7 Å². The molecule has 1 aliphatic rings. The average Bonchev–Trinajstić information content (AvgIpc) is 2.67. The van der Waals surface area contributed by atoms with Crippen molar-refractivity contribution in [2.75, 3.05) is 0 Å². The summed E-state index contributed by atoms with van der Waals surface area (Å²) in [7, 11) is 1.90. The fourth-order valence-electron chi connectivity index (χ4n) is 2.12. The number of ether oxygens (including phenoxy) is 1. The molecule has 0 spiro atoms. The zero-order valence-corrected chi connectivity index (χ0v) is 9.53. The third-order valence-electron chi connectivity index (χ3n) is 3.13. The molecule has 2 atom stereocenters. The second-order valence-corrected chi connectivity index (χ2v) is 4.28. The minimum absolute atomic E-state index is 0.0494. The van der Waals surface area contributed by atoms with E-state index in [0.29, 0.717) is 0 Å². The summed E-state index contributed by atoms with van der Waals surface area (Å²) < 4.78 is 7.65. The third kappa shape index (κ3) is 1.86. The number of aromatic nitrogens is 2. The summed E-state index contributed by atoms with van der Waals surface area (Å²) in [4.78, 5) is 0. The largest absolute Gasteiger partial charge is 0.484 e. The second kappa shape index (κ2) is 3.85. The highest BCUT2D eigenvalue weighted by atomic mass is 16.5. The van der Waals surface area contributed by atoms with Gasteiger partial charge in [-0.3, -0.25) is 4.68 Å². The predicted octanol–water partition coefficient (Wildman–Crippen LogP) is 1.33. The summed E-state index contributed by atoms with van der Waals surface area (Å²) in [5.41, 5.74) is 1.92. The Labute approximate surface area is 89.9 Å². The molecule has 0 aliphatic heterocycles. The van der Waals surface area contributed by atoms with Gasteiger partial charge in [0.25, 0.3) is 0 Å². The average molecular weight is 210 g/mol. The van der Waals surface area contributed by atoms with Gasteiger partial charge in [-0.05, 0) is 33.1 Å². The van der Waals surface area contributed by atoms with Crippen LogP contribution in [-0.4, -0.2) is 27.1 Å². The highest BCUT2D eigenvalue weighted by molar-refractivity contribution is 5.32. The summed E-state index contributed by atoms with van der Waals surface area (Å²) >= 11 is 0. The maximum Gasteiger partial charge on any atom is 0.163 e. The van der Waals surface area contributed by atoms with Crippen molar-refractivity contribution in [3.05, 3.63) is 11.4 Å². The first-order valence-electron chi connectivity index (χ1n) is 5.44. The molecule has 0 saturated heterocycles. The van der Waals surface area contributed by atoms with Crippen LogP contribution in [0, 0.1) is 13.8 Å². The molecule has 1 aromatic rings. The van der Waals surface area contributed by atoms with E-state index < -0.39 is 0 Å². The normalized spacial score (nSPS) is 25.9. The number of hydrogen-bond acceptors (Lipinski definition) is 3. The SMILES string of the molecule is Cc1nn(C)c(C)c1O[C@@H]1CCC[C@H]1O. The van der Waals surface area contributed by atoms with Crippen molar-refractivity contribution in [1.29, 1.82) is 0 Å². The van der Waals surface area contributed by atoms with Gasteiger partial charge in [0.1, 0.15) is 11.8 Å². The highest BCUT2D eigenvalue weighted by Crippen LogP contribution is 2.28. The first kappa shape index (κ1) is 10.5. The summed E-state index contributed by atoms with van der Waals surface area (Å²) in [6.07, 6.45) is 2.47. The van der Waals surface area contributed by atoms with E-state index in [-0.39, 0.29) is 12.2 Å². The standard InChI is InChI=1S/C11H18N2O2/c1-7-11(8(2)13(3)12-7)15-10-6-4-5-9(10)14/h9-10,14H,4-6H2,1-3H3/t9-,10-/m1/s1. The van der Waals surface area contributed by atoms with Crippen molar-refractivity contribution in [1.82, 2.24) is 9.78 Å². The Morgan fingerprint density at radius 1 is 1.40 bits per heavy atom. The Hall–Kier alpha value is -1.03. The number of aliphatic hydroxyl groups is 1. The predicted molar refractivity (Wildman–Crippen MR) is 57.0 cm³/mol. The van der Waals surface area contributed by atoms with E-state index in [1.807, 2.05) is 25.6 Å². The summed E-state index contributed by atoms with van der Waals surface area (Å²) in [6.45, 7) is 3.92. The zero-order valence-electron chi connectivity index (χ0n) is 9.53. The lowest BCUT2D eigenvalue weighted by molar-refractivity contribution is 0.0595. The van der Waals surface area contributed by atoms with E-state index >= 15 is 0 Å².